The Bertz CT molecular complexity index is 601. The molecule has 0 unspecified atom stereocenters. The van der Waals surface area contributed by atoms with E-state index in [9.17, 15) is 0 Å². The summed E-state index contributed by atoms with van der Waals surface area (Å²) in [5, 5.41) is 0. The molecular weight excluding hydrogens is 328 g/mol. The maximum absolute atomic E-state index is 5.84. The monoisotopic (exact) mass is 348 g/mol. The van der Waals surface area contributed by atoms with Crippen molar-refractivity contribution < 1.29 is 4.74 Å². The van der Waals surface area contributed by atoms with Crippen molar-refractivity contribution in [2.75, 3.05) is 19.4 Å². The minimum absolute atomic E-state index is 0.816. The Balaban J connectivity index is 2.07. The highest BCUT2D eigenvalue weighted by atomic mass is 79.9. The van der Waals surface area contributed by atoms with Gasteiger partial charge in [0.15, 0.2) is 0 Å². The van der Waals surface area contributed by atoms with Gasteiger partial charge in [-0.1, -0.05) is 25.1 Å². The zero-order valence-corrected chi connectivity index (χ0v) is 14.1. The maximum atomic E-state index is 5.84. The Labute approximate surface area is 134 Å². The third-order valence-electron chi connectivity index (χ3n) is 3.43. The van der Waals surface area contributed by atoms with Gasteiger partial charge in [-0.3, -0.25) is 4.90 Å². The molecular formula is C17H21BrN2O. The largest absolute Gasteiger partial charge is 0.496 e. The van der Waals surface area contributed by atoms with E-state index < -0.39 is 0 Å². The van der Waals surface area contributed by atoms with Crippen molar-refractivity contribution in [3.8, 4) is 5.75 Å². The molecule has 0 saturated heterocycles. The quantitative estimate of drug-likeness (QED) is 0.800. The van der Waals surface area contributed by atoms with Crippen LogP contribution in [0.4, 0.5) is 5.69 Å². The topological polar surface area (TPSA) is 38.5 Å². The van der Waals surface area contributed by atoms with Crippen LogP contribution in [0.3, 0.4) is 0 Å². The fourth-order valence-electron chi connectivity index (χ4n) is 2.30. The molecule has 0 amide bonds. The van der Waals surface area contributed by atoms with Crippen molar-refractivity contribution in [2.24, 2.45) is 0 Å². The molecule has 0 aromatic heterocycles. The van der Waals surface area contributed by atoms with E-state index >= 15 is 0 Å². The lowest BCUT2D eigenvalue weighted by Gasteiger charge is -2.21. The number of ether oxygens (including phenoxy) is 1. The van der Waals surface area contributed by atoms with Crippen molar-refractivity contribution >= 4 is 21.6 Å². The summed E-state index contributed by atoms with van der Waals surface area (Å²) >= 11 is 3.54. The number of rotatable bonds is 6. The summed E-state index contributed by atoms with van der Waals surface area (Å²) in [4.78, 5) is 2.38. The summed E-state index contributed by atoms with van der Waals surface area (Å²) in [6.45, 7) is 4.95. The molecule has 0 aliphatic heterocycles. The molecule has 0 spiro atoms. The molecule has 2 aromatic carbocycles. The van der Waals surface area contributed by atoms with E-state index in [0.717, 1.165) is 35.5 Å². The predicted molar refractivity (Wildman–Crippen MR) is 91.3 cm³/mol. The molecule has 0 heterocycles. The minimum atomic E-state index is 0.816. The second kappa shape index (κ2) is 7.48. The number of hydrogen-bond donors (Lipinski definition) is 1. The van der Waals surface area contributed by atoms with Gasteiger partial charge in [0.25, 0.3) is 0 Å². The van der Waals surface area contributed by atoms with E-state index in [1.807, 2.05) is 24.3 Å². The number of nitrogens with zero attached hydrogens (tertiary/aromatic N) is 1. The Morgan fingerprint density at radius 2 is 1.81 bits per heavy atom. The Morgan fingerprint density at radius 1 is 1.10 bits per heavy atom. The number of methoxy groups -OCH3 is 1. The lowest BCUT2D eigenvalue weighted by atomic mass is 10.1. The fraction of sp³-hybridized carbons (Fsp3) is 0.294. The van der Waals surface area contributed by atoms with Gasteiger partial charge in [0.1, 0.15) is 5.75 Å². The number of benzene rings is 2. The molecule has 0 bridgehead atoms. The molecule has 0 saturated carbocycles. The molecule has 0 aliphatic carbocycles. The number of halogens is 1. The van der Waals surface area contributed by atoms with E-state index in [0.29, 0.717) is 0 Å². The summed E-state index contributed by atoms with van der Waals surface area (Å²) in [5.74, 6) is 0.859. The highest BCUT2D eigenvalue weighted by Crippen LogP contribution is 2.26. The first kappa shape index (κ1) is 15.9. The van der Waals surface area contributed by atoms with Crippen LogP contribution < -0.4 is 10.5 Å². The van der Waals surface area contributed by atoms with Gasteiger partial charge < -0.3 is 10.5 Å². The average molecular weight is 349 g/mol. The van der Waals surface area contributed by atoms with Crippen LogP contribution in [0.5, 0.6) is 5.75 Å². The maximum Gasteiger partial charge on any atom is 0.133 e. The van der Waals surface area contributed by atoms with E-state index in [1.54, 1.807) is 7.11 Å². The van der Waals surface area contributed by atoms with Crippen LogP contribution in [0, 0.1) is 0 Å². The predicted octanol–water partition coefficient (Wildman–Crippen LogP) is 4.06. The third-order valence-corrected chi connectivity index (χ3v) is 4.05. The first-order valence-electron chi connectivity index (χ1n) is 7.01. The molecule has 21 heavy (non-hydrogen) atoms. The first-order chi connectivity index (χ1) is 10.1. The Morgan fingerprint density at radius 3 is 2.38 bits per heavy atom. The summed E-state index contributed by atoms with van der Waals surface area (Å²) in [6.07, 6.45) is 0. The zero-order chi connectivity index (χ0) is 15.2. The lowest BCUT2D eigenvalue weighted by molar-refractivity contribution is 0.271. The van der Waals surface area contributed by atoms with Crippen molar-refractivity contribution in [2.45, 2.75) is 20.0 Å². The second-order valence-corrected chi connectivity index (χ2v) is 5.87. The molecule has 2 aromatic rings. The number of nitrogens with two attached hydrogens (primary N) is 1. The van der Waals surface area contributed by atoms with E-state index in [4.69, 9.17) is 10.5 Å². The van der Waals surface area contributed by atoms with Crippen molar-refractivity contribution in [1.82, 2.24) is 4.90 Å². The average Bonchev–Trinajstić information content (AvgIpc) is 2.47. The standard InChI is InChI=1S/C17H21BrN2O/c1-3-20(11-13-5-4-6-15(19)9-13)12-14-7-8-17(21-2)16(18)10-14/h4-10H,3,11-12,19H2,1-2H3. The highest BCUT2D eigenvalue weighted by molar-refractivity contribution is 9.10. The lowest BCUT2D eigenvalue weighted by Crippen LogP contribution is -2.22. The summed E-state index contributed by atoms with van der Waals surface area (Å²) in [7, 11) is 1.68. The van der Waals surface area contributed by atoms with Crippen LogP contribution in [0.15, 0.2) is 46.9 Å². The SMILES string of the molecule is CCN(Cc1cccc(N)c1)Cc1ccc(OC)c(Br)c1. The molecule has 0 atom stereocenters. The van der Waals surface area contributed by atoms with Crippen LogP contribution in [-0.4, -0.2) is 18.6 Å². The number of nitrogen functional groups attached to an aromatic ring is 1. The van der Waals surface area contributed by atoms with Crippen molar-refractivity contribution in [1.29, 1.82) is 0 Å². The molecule has 4 heteroatoms. The third kappa shape index (κ3) is 4.48. The molecule has 0 radical (unpaired) electrons. The highest BCUT2D eigenvalue weighted by Gasteiger charge is 2.07. The van der Waals surface area contributed by atoms with E-state index in [1.165, 1.54) is 11.1 Å². The van der Waals surface area contributed by atoms with Crippen LogP contribution >= 0.6 is 15.9 Å². The number of hydrogen-bond acceptors (Lipinski definition) is 3. The Hall–Kier alpha value is -1.52. The minimum Gasteiger partial charge on any atom is -0.496 e. The van der Waals surface area contributed by atoms with Gasteiger partial charge in [-0.05, 0) is 57.9 Å². The van der Waals surface area contributed by atoms with Gasteiger partial charge in [-0.15, -0.1) is 0 Å². The number of anilines is 1. The molecule has 112 valence electrons. The normalized spacial score (nSPS) is 10.9. The van der Waals surface area contributed by atoms with Crippen molar-refractivity contribution in [3.05, 3.63) is 58.1 Å². The molecule has 2 N–H and O–H groups in total. The second-order valence-electron chi connectivity index (χ2n) is 5.02. The van der Waals surface area contributed by atoms with Crippen LogP contribution in [0.25, 0.3) is 0 Å². The smallest absolute Gasteiger partial charge is 0.133 e. The summed E-state index contributed by atoms with van der Waals surface area (Å²) in [6, 6.07) is 14.3. The molecule has 3 nitrogen and oxygen atoms in total. The fourth-order valence-corrected chi connectivity index (χ4v) is 2.88. The van der Waals surface area contributed by atoms with Crippen LogP contribution in [-0.2, 0) is 13.1 Å². The summed E-state index contributed by atoms with van der Waals surface area (Å²) in [5.41, 5.74) is 9.16. The summed E-state index contributed by atoms with van der Waals surface area (Å²) < 4.78 is 6.25. The molecule has 0 fully saturated rings. The van der Waals surface area contributed by atoms with Gasteiger partial charge in [-0.2, -0.15) is 0 Å². The molecule has 2 rings (SSSR count). The van der Waals surface area contributed by atoms with E-state index in [2.05, 4.69) is 46.0 Å². The van der Waals surface area contributed by atoms with E-state index in [-0.39, 0.29) is 0 Å². The molecule has 0 aliphatic rings. The van der Waals surface area contributed by atoms with Crippen LogP contribution in [0.1, 0.15) is 18.1 Å². The van der Waals surface area contributed by atoms with Gasteiger partial charge in [0, 0.05) is 18.8 Å². The Kier molecular flexibility index (Phi) is 5.65. The van der Waals surface area contributed by atoms with Gasteiger partial charge >= 0.3 is 0 Å². The zero-order valence-electron chi connectivity index (χ0n) is 12.5. The van der Waals surface area contributed by atoms with Crippen LogP contribution in [0.2, 0.25) is 0 Å². The van der Waals surface area contributed by atoms with Crippen molar-refractivity contribution in [3.63, 3.8) is 0 Å². The first-order valence-corrected chi connectivity index (χ1v) is 7.81. The van der Waals surface area contributed by atoms with Gasteiger partial charge in [0.2, 0.25) is 0 Å². The van der Waals surface area contributed by atoms with Gasteiger partial charge in [-0.25, -0.2) is 0 Å². The van der Waals surface area contributed by atoms with Gasteiger partial charge in [0.05, 0.1) is 11.6 Å².